The first kappa shape index (κ1) is 16.7. The number of hydrogen-bond donors (Lipinski definition) is 1. The van der Waals surface area contributed by atoms with Crippen molar-refractivity contribution in [2.75, 3.05) is 18.5 Å². The Labute approximate surface area is 123 Å². The number of hydrogen-bond acceptors (Lipinski definition) is 3. The van der Waals surface area contributed by atoms with Crippen molar-refractivity contribution >= 4 is 5.69 Å². The fourth-order valence-corrected chi connectivity index (χ4v) is 2.20. The molecule has 3 heteroatoms. The van der Waals surface area contributed by atoms with Crippen molar-refractivity contribution < 1.29 is 9.47 Å². The lowest BCUT2D eigenvalue weighted by molar-refractivity contribution is 0.331. The molecule has 20 heavy (non-hydrogen) atoms. The van der Waals surface area contributed by atoms with Gasteiger partial charge in [0.05, 0.1) is 18.9 Å². The molecular formula is C17H29NO2. The van der Waals surface area contributed by atoms with Gasteiger partial charge in [0.2, 0.25) is 0 Å². The zero-order valence-electron chi connectivity index (χ0n) is 13.4. The van der Waals surface area contributed by atoms with E-state index in [9.17, 15) is 0 Å². The van der Waals surface area contributed by atoms with Crippen LogP contribution < -0.4 is 14.8 Å². The Kier molecular flexibility index (Phi) is 7.93. The fourth-order valence-electron chi connectivity index (χ4n) is 2.20. The van der Waals surface area contributed by atoms with Gasteiger partial charge in [0.15, 0.2) is 0 Å². The predicted octanol–water partition coefficient (Wildman–Crippen LogP) is 4.86. The highest BCUT2D eigenvalue weighted by Gasteiger charge is 2.09. The molecule has 0 aliphatic rings. The largest absolute Gasteiger partial charge is 0.494 e. The molecule has 1 atom stereocenters. The summed E-state index contributed by atoms with van der Waals surface area (Å²) in [7, 11) is 0. The van der Waals surface area contributed by atoms with Gasteiger partial charge in [-0.3, -0.25) is 0 Å². The molecule has 0 saturated carbocycles. The van der Waals surface area contributed by atoms with Gasteiger partial charge in [-0.25, -0.2) is 0 Å². The Bertz CT molecular complexity index is 379. The summed E-state index contributed by atoms with van der Waals surface area (Å²) < 4.78 is 11.2. The van der Waals surface area contributed by atoms with Crippen LogP contribution in [0.2, 0.25) is 0 Å². The number of unbranched alkanes of at least 4 members (excludes halogenated alkanes) is 2. The smallest absolute Gasteiger partial charge is 0.142 e. The van der Waals surface area contributed by atoms with Gasteiger partial charge in [0, 0.05) is 12.1 Å². The standard InChI is InChI=1S/C17H29NO2/c1-5-8-9-10-14(4)18-16-13-15(19-6-2)11-12-17(16)20-7-3/h11-14,18H,5-10H2,1-4H3. The van der Waals surface area contributed by atoms with E-state index in [1.165, 1.54) is 25.7 Å². The van der Waals surface area contributed by atoms with Crippen molar-refractivity contribution in [1.29, 1.82) is 0 Å². The van der Waals surface area contributed by atoms with E-state index in [2.05, 4.69) is 19.2 Å². The number of rotatable bonds is 10. The van der Waals surface area contributed by atoms with E-state index in [1.54, 1.807) is 0 Å². The van der Waals surface area contributed by atoms with E-state index in [4.69, 9.17) is 9.47 Å². The molecule has 3 nitrogen and oxygen atoms in total. The highest BCUT2D eigenvalue weighted by Crippen LogP contribution is 2.30. The van der Waals surface area contributed by atoms with Crippen molar-refractivity contribution in [3.8, 4) is 11.5 Å². The molecule has 1 aromatic rings. The van der Waals surface area contributed by atoms with Crippen LogP contribution in [0.4, 0.5) is 5.69 Å². The molecule has 1 rings (SSSR count). The average Bonchev–Trinajstić information content (AvgIpc) is 2.42. The summed E-state index contributed by atoms with van der Waals surface area (Å²) in [5.74, 6) is 1.79. The van der Waals surface area contributed by atoms with Crippen LogP contribution >= 0.6 is 0 Å². The molecule has 1 N–H and O–H groups in total. The van der Waals surface area contributed by atoms with Gasteiger partial charge in [-0.2, -0.15) is 0 Å². The fraction of sp³-hybridized carbons (Fsp3) is 0.647. The molecule has 0 radical (unpaired) electrons. The van der Waals surface area contributed by atoms with Crippen LogP contribution in [-0.2, 0) is 0 Å². The minimum atomic E-state index is 0.442. The number of benzene rings is 1. The SMILES string of the molecule is CCCCCC(C)Nc1cc(OCC)ccc1OCC. The zero-order valence-corrected chi connectivity index (χ0v) is 13.4. The van der Waals surface area contributed by atoms with Crippen LogP contribution in [0.3, 0.4) is 0 Å². The second-order valence-electron chi connectivity index (χ2n) is 5.07. The maximum atomic E-state index is 5.68. The quantitative estimate of drug-likeness (QED) is 0.620. The van der Waals surface area contributed by atoms with Crippen molar-refractivity contribution in [3.63, 3.8) is 0 Å². The first-order chi connectivity index (χ1) is 9.71. The van der Waals surface area contributed by atoms with Crippen LogP contribution in [-0.4, -0.2) is 19.3 Å². The van der Waals surface area contributed by atoms with Crippen molar-refractivity contribution in [3.05, 3.63) is 18.2 Å². The Hall–Kier alpha value is -1.38. The molecule has 114 valence electrons. The van der Waals surface area contributed by atoms with E-state index < -0.39 is 0 Å². The maximum Gasteiger partial charge on any atom is 0.142 e. The van der Waals surface area contributed by atoms with Gasteiger partial charge in [-0.1, -0.05) is 26.2 Å². The van der Waals surface area contributed by atoms with E-state index >= 15 is 0 Å². The second kappa shape index (κ2) is 9.51. The first-order valence-electron chi connectivity index (χ1n) is 7.87. The van der Waals surface area contributed by atoms with Crippen LogP contribution in [0.15, 0.2) is 18.2 Å². The summed E-state index contributed by atoms with van der Waals surface area (Å²) in [5, 5.41) is 3.55. The monoisotopic (exact) mass is 279 g/mol. The predicted molar refractivity (Wildman–Crippen MR) is 86.0 cm³/mol. The summed E-state index contributed by atoms with van der Waals surface area (Å²) in [6.45, 7) is 9.81. The van der Waals surface area contributed by atoms with Gasteiger partial charge in [0.1, 0.15) is 11.5 Å². The molecule has 1 aromatic carbocycles. The van der Waals surface area contributed by atoms with Crippen molar-refractivity contribution in [2.45, 2.75) is 59.4 Å². The molecule has 1 unspecified atom stereocenters. The summed E-state index contributed by atoms with van der Waals surface area (Å²) in [4.78, 5) is 0. The van der Waals surface area contributed by atoms with Crippen molar-refractivity contribution in [2.24, 2.45) is 0 Å². The molecule has 0 heterocycles. The molecule has 0 spiro atoms. The number of anilines is 1. The lowest BCUT2D eigenvalue weighted by Gasteiger charge is -2.19. The topological polar surface area (TPSA) is 30.5 Å². The molecule has 0 aliphatic carbocycles. The lowest BCUT2D eigenvalue weighted by atomic mass is 10.1. The normalized spacial score (nSPS) is 12.0. The van der Waals surface area contributed by atoms with E-state index in [0.717, 1.165) is 17.2 Å². The van der Waals surface area contributed by atoms with Crippen LogP contribution in [0.5, 0.6) is 11.5 Å². The third kappa shape index (κ3) is 5.72. The van der Waals surface area contributed by atoms with Crippen LogP contribution in [0.1, 0.15) is 53.4 Å². The Balaban J connectivity index is 2.70. The number of ether oxygens (including phenoxy) is 2. The summed E-state index contributed by atoms with van der Waals surface area (Å²) >= 11 is 0. The highest BCUT2D eigenvalue weighted by molar-refractivity contribution is 5.60. The molecule has 0 amide bonds. The molecule has 0 bridgehead atoms. The van der Waals surface area contributed by atoms with Crippen LogP contribution in [0.25, 0.3) is 0 Å². The Morgan fingerprint density at radius 3 is 2.45 bits per heavy atom. The van der Waals surface area contributed by atoms with E-state index in [0.29, 0.717) is 19.3 Å². The van der Waals surface area contributed by atoms with Crippen molar-refractivity contribution in [1.82, 2.24) is 0 Å². The molecule has 0 aromatic heterocycles. The lowest BCUT2D eigenvalue weighted by Crippen LogP contribution is -2.15. The van der Waals surface area contributed by atoms with Gasteiger partial charge < -0.3 is 14.8 Å². The van der Waals surface area contributed by atoms with Gasteiger partial charge >= 0.3 is 0 Å². The highest BCUT2D eigenvalue weighted by atomic mass is 16.5. The van der Waals surface area contributed by atoms with Gasteiger partial charge in [-0.05, 0) is 39.3 Å². The zero-order chi connectivity index (χ0) is 14.8. The molecule has 0 saturated heterocycles. The van der Waals surface area contributed by atoms with Crippen LogP contribution in [0, 0.1) is 0 Å². The summed E-state index contributed by atoms with van der Waals surface area (Å²) in [5.41, 5.74) is 1.03. The molecular weight excluding hydrogens is 250 g/mol. The van der Waals surface area contributed by atoms with E-state index in [-0.39, 0.29) is 0 Å². The first-order valence-corrected chi connectivity index (χ1v) is 7.87. The Morgan fingerprint density at radius 2 is 1.80 bits per heavy atom. The second-order valence-corrected chi connectivity index (χ2v) is 5.07. The third-order valence-electron chi connectivity index (χ3n) is 3.20. The third-order valence-corrected chi connectivity index (χ3v) is 3.20. The Morgan fingerprint density at radius 1 is 1.05 bits per heavy atom. The molecule has 0 aliphatic heterocycles. The minimum Gasteiger partial charge on any atom is -0.494 e. The van der Waals surface area contributed by atoms with Gasteiger partial charge in [0.25, 0.3) is 0 Å². The minimum absolute atomic E-state index is 0.442. The summed E-state index contributed by atoms with van der Waals surface area (Å²) in [6, 6.07) is 6.42. The number of nitrogens with one attached hydrogen (secondary N) is 1. The van der Waals surface area contributed by atoms with E-state index in [1.807, 2.05) is 32.0 Å². The average molecular weight is 279 g/mol. The molecule has 0 fully saturated rings. The summed E-state index contributed by atoms with van der Waals surface area (Å²) in [6.07, 6.45) is 5.00. The van der Waals surface area contributed by atoms with Gasteiger partial charge in [-0.15, -0.1) is 0 Å². The maximum absolute atomic E-state index is 5.68.